The SMILES string of the molecule is CN(C(=O)I)C(=O)C(=O)OCc1ccccc1. The quantitative estimate of drug-likeness (QED) is 0.269. The number of rotatable bonds is 2. The lowest BCUT2D eigenvalue weighted by molar-refractivity contribution is -0.158. The second-order valence-electron chi connectivity index (χ2n) is 3.18. The zero-order valence-electron chi connectivity index (χ0n) is 9.05. The van der Waals surface area contributed by atoms with Gasteiger partial charge in [-0.2, -0.15) is 0 Å². The Labute approximate surface area is 112 Å². The van der Waals surface area contributed by atoms with Gasteiger partial charge in [0, 0.05) is 29.6 Å². The van der Waals surface area contributed by atoms with E-state index in [0.717, 1.165) is 5.56 Å². The molecule has 5 nitrogen and oxygen atoms in total. The van der Waals surface area contributed by atoms with Crippen LogP contribution in [-0.2, 0) is 20.9 Å². The third-order valence-corrected chi connectivity index (χ3v) is 2.68. The molecular weight excluding hydrogens is 337 g/mol. The Morgan fingerprint density at radius 3 is 2.35 bits per heavy atom. The molecule has 0 heterocycles. The molecule has 0 saturated carbocycles. The molecular formula is C11H10INO4. The van der Waals surface area contributed by atoms with Crippen LogP contribution >= 0.6 is 22.6 Å². The Morgan fingerprint density at radius 1 is 1.24 bits per heavy atom. The van der Waals surface area contributed by atoms with Crippen LogP contribution < -0.4 is 0 Å². The van der Waals surface area contributed by atoms with Crippen LogP contribution in [0, 0.1) is 0 Å². The minimum absolute atomic E-state index is 0.00862. The van der Waals surface area contributed by atoms with E-state index in [-0.39, 0.29) is 6.61 Å². The fourth-order valence-corrected chi connectivity index (χ4v) is 1.22. The molecule has 2 amide bonds. The number of likely N-dealkylation sites (N-methyl/N-ethyl adjacent to an activating group) is 1. The number of nitrogens with zero attached hydrogens (tertiary/aromatic N) is 1. The van der Waals surface area contributed by atoms with Gasteiger partial charge in [-0.25, -0.2) is 4.79 Å². The van der Waals surface area contributed by atoms with Crippen LogP contribution in [0.15, 0.2) is 30.3 Å². The largest absolute Gasteiger partial charge is 0.454 e. The second-order valence-corrected chi connectivity index (χ2v) is 4.10. The molecule has 17 heavy (non-hydrogen) atoms. The fourth-order valence-electron chi connectivity index (χ4n) is 1.00. The molecule has 1 aromatic carbocycles. The van der Waals surface area contributed by atoms with Crippen molar-refractivity contribution >= 4 is 38.4 Å². The van der Waals surface area contributed by atoms with Crippen LogP contribution in [0.4, 0.5) is 4.79 Å². The smallest absolute Gasteiger partial charge is 0.397 e. The van der Waals surface area contributed by atoms with E-state index < -0.39 is 15.8 Å². The van der Waals surface area contributed by atoms with Crippen molar-refractivity contribution in [1.29, 1.82) is 0 Å². The first-order valence-corrected chi connectivity index (χ1v) is 5.78. The van der Waals surface area contributed by atoms with Crippen molar-refractivity contribution in [3.8, 4) is 0 Å². The number of ether oxygens (including phenoxy) is 1. The molecule has 0 unspecified atom stereocenters. The third-order valence-electron chi connectivity index (χ3n) is 1.96. The summed E-state index contributed by atoms with van der Waals surface area (Å²) in [5.41, 5.74) is 0.775. The normalized spacial score (nSPS) is 9.53. The highest BCUT2D eigenvalue weighted by molar-refractivity contribution is 14.1. The van der Waals surface area contributed by atoms with E-state index in [4.69, 9.17) is 4.74 Å². The Hall–Kier alpha value is -1.44. The highest BCUT2D eigenvalue weighted by atomic mass is 127. The van der Waals surface area contributed by atoms with Gasteiger partial charge in [-0.3, -0.25) is 14.5 Å². The molecule has 0 spiro atoms. The molecule has 1 rings (SSSR count). The van der Waals surface area contributed by atoms with Gasteiger partial charge in [0.15, 0.2) is 0 Å². The van der Waals surface area contributed by atoms with Crippen LogP contribution in [-0.4, -0.2) is 27.7 Å². The fraction of sp³-hybridized carbons (Fsp3) is 0.182. The molecule has 1 aromatic rings. The Kier molecular flexibility index (Phi) is 5.08. The van der Waals surface area contributed by atoms with Crippen LogP contribution in [0.25, 0.3) is 0 Å². The first-order chi connectivity index (χ1) is 8.02. The lowest BCUT2D eigenvalue weighted by Crippen LogP contribution is -2.35. The summed E-state index contributed by atoms with van der Waals surface area (Å²) in [5, 5.41) is 0. The molecule has 0 aliphatic carbocycles. The van der Waals surface area contributed by atoms with Crippen LogP contribution in [0.3, 0.4) is 0 Å². The average Bonchev–Trinajstić information content (AvgIpc) is 2.35. The molecule has 0 aliphatic heterocycles. The molecule has 0 aliphatic rings. The number of amides is 2. The minimum Gasteiger partial charge on any atom is -0.454 e. The van der Waals surface area contributed by atoms with E-state index in [9.17, 15) is 14.4 Å². The zero-order chi connectivity index (χ0) is 12.8. The maximum absolute atomic E-state index is 11.3. The maximum Gasteiger partial charge on any atom is 0.397 e. The van der Waals surface area contributed by atoms with Crippen LogP contribution in [0.1, 0.15) is 5.56 Å². The van der Waals surface area contributed by atoms with Gasteiger partial charge in [0.25, 0.3) is 3.91 Å². The lowest BCUT2D eigenvalue weighted by atomic mass is 10.2. The van der Waals surface area contributed by atoms with Gasteiger partial charge in [0.2, 0.25) is 0 Å². The van der Waals surface area contributed by atoms with Gasteiger partial charge in [0.1, 0.15) is 6.61 Å². The Balaban J connectivity index is 2.51. The third kappa shape index (κ3) is 4.14. The molecule has 0 fully saturated rings. The number of hydrogen-bond donors (Lipinski definition) is 0. The summed E-state index contributed by atoms with van der Waals surface area (Å²) in [6, 6.07) is 8.96. The van der Waals surface area contributed by atoms with E-state index >= 15 is 0 Å². The van der Waals surface area contributed by atoms with E-state index in [1.807, 2.05) is 6.07 Å². The van der Waals surface area contributed by atoms with Gasteiger partial charge in [0.05, 0.1) is 0 Å². The van der Waals surface area contributed by atoms with Gasteiger partial charge in [-0.05, 0) is 5.56 Å². The lowest BCUT2D eigenvalue weighted by Gasteiger charge is -2.10. The molecule has 0 radical (unpaired) electrons. The first kappa shape index (κ1) is 13.6. The molecule has 0 N–H and O–H groups in total. The molecule has 0 saturated heterocycles. The first-order valence-electron chi connectivity index (χ1n) is 4.70. The summed E-state index contributed by atoms with van der Waals surface area (Å²) in [4.78, 5) is 34.2. The molecule has 0 aromatic heterocycles. The summed E-state index contributed by atoms with van der Waals surface area (Å²) < 4.78 is 4.24. The van der Waals surface area contributed by atoms with Crippen molar-refractivity contribution in [1.82, 2.24) is 4.90 Å². The zero-order valence-corrected chi connectivity index (χ0v) is 11.2. The monoisotopic (exact) mass is 347 g/mol. The summed E-state index contributed by atoms with van der Waals surface area (Å²) in [7, 11) is 1.22. The predicted octanol–water partition coefficient (Wildman–Crippen LogP) is 1.74. The molecule has 90 valence electrons. The summed E-state index contributed by atoms with van der Waals surface area (Å²) >= 11 is 1.42. The minimum atomic E-state index is -1.04. The second kappa shape index (κ2) is 6.33. The highest BCUT2D eigenvalue weighted by Gasteiger charge is 2.23. The van der Waals surface area contributed by atoms with Crippen molar-refractivity contribution in [2.75, 3.05) is 7.05 Å². The number of imide groups is 1. The predicted molar refractivity (Wildman–Crippen MR) is 68.4 cm³/mol. The van der Waals surface area contributed by atoms with Gasteiger partial charge < -0.3 is 4.74 Å². The van der Waals surface area contributed by atoms with Gasteiger partial charge >= 0.3 is 11.9 Å². The Bertz CT molecular complexity index is 432. The van der Waals surface area contributed by atoms with E-state index in [0.29, 0.717) is 4.90 Å². The summed E-state index contributed by atoms with van der Waals surface area (Å²) in [6.45, 7) is 0.00862. The van der Waals surface area contributed by atoms with Gasteiger partial charge in [-0.1, -0.05) is 30.3 Å². The van der Waals surface area contributed by atoms with E-state index in [2.05, 4.69) is 0 Å². The van der Waals surface area contributed by atoms with E-state index in [1.54, 1.807) is 24.3 Å². The average molecular weight is 347 g/mol. The van der Waals surface area contributed by atoms with Crippen LogP contribution in [0.5, 0.6) is 0 Å². The number of hydrogen-bond acceptors (Lipinski definition) is 4. The molecule has 0 atom stereocenters. The molecule has 6 heteroatoms. The van der Waals surface area contributed by atoms with Crippen molar-refractivity contribution < 1.29 is 19.1 Å². The number of carbonyl (C=O) groups excluding carboxylic acids is 3. The molecule has 0 bridgehead atoms. The van der Waals surface area contributed by atoms with E-state index in [1.165, 1.54) is 29.6 Å². The van der Waals surface area contributed by atoms with Crippen molar-refractivity contribution in [2.45, 2.75) is 6.61 Å². The van der Waals surface area contributed by atoms with Gasteiger partial charge in [-0.15, -0.1) is 0 Å². The number of esters is 1. The number of halogens is 1. The standard InChI is InChI=1S/C11H10INO4/c1-13(11(12)16)9(14)10(15)17-7-8-5-3-2-4-6-8/h2-6H,7H2,1H3. The summed E-state index contributed by atoms with van der Waals surface area (Å²) in [6.07, 6.45) is 0. The Morgan fingerprint density at radius 2 is 1.82 bits per heavy atom. The van der Waals surface area contributed by atoms with Crippen molar-refractivity contribution in [3.63, 3.8) is 0 Å². The van der Waals surface area contributed by atoms with Crippen LogP contribution in [0.2, 0.25) is 0 Å². The number of benzene rings is 1. The summed E-state index contributed by atoms with van der Waals surface area (Å²) in [5.74, 6) is -2.01. The highest BCUT2D eigenvalue weighted by Crippen LogP contribution is 2.03. The maximum atomic E-state index is 11.3. The topological polar surface area (TPSA) is 63.7 Å². The van der Waals surface area contributed by atoms with Crippen molar-refractivity contribution in [2.24, 2.45) is 0 Å². The van der Waals surface area contributed by atoms with Crippen molar-refractivity contribution in [3.05, 3.63) is 35.9 Å². The number of carbonyl (C=O) groups is 3.